The van der Waals surface area contributed by atoms with E-state index in [4.69, 9.17) is 4.74 Å². The fourth-order valence-electron chi connectivity index (χ4n) is 2.32. The van der Waals surface area contributed by atoms with E-state index >= 15 is 0 Å². The summed E-state index contributed by atoms with van der Waals surface area (Å²) in [5.74, 6) is 2.17. The van der Waals surface area contributed by atoms with Crippen molar-refractivity contribution in [3.63, 3.8) is 0 Å². The number of ether oxygens (including phenoxy) is 1. The molecule has 0 saturated heterocycles. The second-order valence-electron chi connectivity index (χ2n) is 5.68. The lowest BCUT2D eigenvalue weighted by atomic mass is 10.3. The molecule has 1 unspecified atom stereocenters. The molecule has 0 amide bonds. The first-order valence-corrected chi connectivity index (χ1v) is 10.1. The number of hydrogen-bond acceptors (Lipinski definition) is 3. The first-order valence-electron chi connectivity index (χ1n) is 8.81. The second-order valence-corrected chi connectivity index (χ2v) is 7.25. The summed E-state index contributed by atoms with van der Waals surface area (Å²) in [6.07, 6.45) is 0. The fraction of sp³-hybridized carbons (Fsp3) is 0.350. The van der Waals surface area contributed by atoms with E-state index in [1.165, 1.54) is 0 Å². The second kappa shape index (κ2) is 13.5. The molecular formula is C20H28IN3O2S. The van der Waals surface area contributed by atoms with Gasteiger partial charge >= 0.3 is 0 Å². The van der Waals surface area contributed by atoms with Gasteiger partial charge in [-0.25, -0.2) is 0 Å². The molecule has 0 radical (unpaired) electrons. The largest absolute Gasteiger partial charge is 0.492 e. The zero-order valence-electron chi connectivity index (χ0n) is 15.8. The van der Waals surface area contributed by atoms with Crippen LogP contribution >= 0.6 is 24.0 Å². The van der Waals surface area contributed by atoms with E-state index in [1.807, 2.05) is 79.5 Å². The van der Waals surface area contributed by atoms with Crippen LogP contribution in [-0.4, -0.2) is 54.1 Å². The predicted octanol–water partition coefficient (Wildman–Crippen LogP) is 3.39. The Morgan fingerprint density at radius 2 is 1.74 bits per heavy atom. The van der Waals surface area contributed by atoms with Crippen LogP contribution in [0.3, 0.4) is 0 Å². The Balaban J connectivity index is 0.00000364. The van der Waals surface area contributed by atoms with Crippen LogP contribution in [0.25, 0.3) is 0 Å². The van der Waals surface area contributed by atoms with E-state index in [0.717, 1.165) is 23.1 Å². The molecule has 0 aliphatic heterocycles. The van der Waals surface area contributed by atoms with Gasteiger partial charge in [0.25, 0.3) is 0 Å². The maximum atomic E-state index is 12.3. The van der Waals surface area contributed by atoms with Crippen molar-refractivity contribution < 1.29 is 8.95 Å². The van der Waals surface area contributed by atoms with Crippen molar-refractivity contribution >= 4 is 40.7 Å². The quantitative estimate of drug-likeness (QED) is 0.325. The average Bonchev–Trinajstić information content (AvgIpc) is 2.68. The molecule has 0 aliphatic carbocycles. The van der Waals surface area contributed by atoms with Crippen molar-refractivity contribution in [2.75, 3.05) is 39.0 Å². The Labute approximate surface area is 181 Å². The van der Waals surface area contributed by atoms with Crippen LogP contribution in [0, 0.1) is 0 Å². The third kappa shape index (κ3) is 8.75. The summed E-state index contributed by atoms with van der Waals surface area (Å²) in [5, 5.41) is 3.27. The normalized spacial score (nSPS) is 12.0. The summed E-state index contributed by atoms with van der Waals surface area (Å²) in [5.41, 5.74) is 0. The van der Waals surface area contributed by atoms with E-state index in [9.17, 15) is 4.21 Å². The number of likely N-dealkylation sites (N-methyl/N-ethyl adjacent to an activating group) is 1. The summed E-state index contributed by atoms with van der Waals surface area (Å²) >= 11 is 0. The van der Waals surface area contributed by atoms with Gasteiger partial charge < -0.3 is 15.0 Å². The van der Waals surface area contributed by atoms with Gasteiger partial charge in [-0.05, 0) is 31.2 Å². The topological polar surface area (TPSA) is 53.9 Å². The lowest BCUT2D eigenvalue weighted by Crippen LogP contribution is -2.41. The SMILES string of the molecule is CCNC(=NCCS(=O)c1ccccc1)N(C)CCOc1ccccc1.I. The molecule has 1 atom stereocenters. The van der Waals surface area contributed by atoms with E-state index < -0.39 is 10.8 Å². The van der Waals surface area contributed by atoms with Crippen LogP contribution < -0.4 is 10.1 Å². The third-order valence-corrected chi connectivity index (χ3v) is 5.03. The molecule has 0 saturated carbocycles. The molecule has 0 bridgehead atoms. The van der Waals surface area contributed by atoms with Crippen LogP contribution in [0.1, 0.15) is 6.92 Å². The minimum atomic E-state index is -1.03. The van der Waals surface area contributed by atoms with Crippen molar-refractivity contribution in [1.82, 2.24) is 10.2 Å². The highest BCUT2D eigenvalue weighted by molar-refractivity contribution is 14.0. The van der Waals surface area contributed by atoms with Crippen molar-refractivity contribution in [2.24, 2.45) is 4.99 Å². The minimum Gasteiger partial charge on any atom is -0.492 e. The third-order valence-electron chi connectivity index (χ3n) is 3.68. The van der Waals surface area contributed by atoms with Crippen molar-refractivity contribution in [3.05, 3.63) is 60.7 Å². The van der Waals surface area contributed by atoms with Gasteiger partial charge in [-0.2, -0.15) is 0 Å². The predicted molar refractivity (Wildman–Crippen MR) is 124 cm³/mol. The fourth-order valence-corrected chi connectivity index (χ4v) is 3.27. The van der Waals surface area contributed by atoms with Gasteiger partial charge in [0.1, 0.15) is 12.4 Å². The summed E-state index contributed by atoms with van der Waals surface area (Å²) in [6.45, 7) is 4.60. The minimum absolute atomic E-state index is 0. The van der Waals surface area contributed by atoms with Gasteiger partial charge in [-0.3, -0.25) is 9.20 Å². The molecular weight excluding hydrogens is 473 g/mol. The summed E-state index contributed by atoms with van der Waals surface area (Å²) < 4.78 is 18.0. The van der Waals surface area contributed by atoms with Crippen LogP contribution in [0.4, 0.5) is 0 Å². The number of nitrogens with zero attached hydrogens (tertiary/aromatic N) is 2. The molecule has 2 aromatic rings. The van der Waals surface area contributed by atoms with E-state index in [-0.39, 0.29) is 24.0 Å². The van der Waals surface area contributed by atoms with Crippen LogP contribution in [0.15, 0.2) is 70.6 Å². The molecule has 2 aromatic carbocycles. The molecule has 27 heavy (non-hydrogen) atoms. The van der Waals surface area contributed by atoms with Crippen molar-refractivity contribution in [2.45, 2.75) is 11.8 Å². The molecule has 2 rings (SSSR count). The molecule has 7 heteroatoms. The van der Waals surface area contributed by atoms with Gasteiger partial charge in [0.2, 0.25) is 0 Å². The van der Waals surface area contributed by atoms with Gasteiger partial charge in [-0.1, -0.05) is 36.4 Å². The standard InChI is InChI=1S/C20H27N3O2S.HI/c1-3-21-20(22-14-17-26(24)19-12-8-5-9-13-19)23(2)15-16-25-18-10-6-4-7-11-18;/h4-13H,3,14-17H2,1-2H3,(H,21,22);1H. The summed E-state index contributed by atoms with van der Waals surface area (Å²) in [4.78, 5) is 7.46. The van der Waals surface area contributed by atoms with Gasteiger partial charge in [0.15, 0.2) is 5.96 Å². The number of guanidine groups is 1. The Morgan fingerprint density at radius 3 is 2.37 bits per heavy atom. The maximum absolute atomic E-state index is 12.3. The zero-order valence-corrected chi connectivity index (χ0v) is 19.0. The highest BCUT2D eigenvalue weighted by atomic mass is 127. The van der Waals surface area contributed by atoms with Gasteiger partial charge in [0.05, 0.1) is 23.9 Å². The van der Waals surface area contributed by atoms with Crippen LogP contribution in [0.2, 0.25) is 0 Å². The number of nitrogens with one attached hydrogen (secondary N) is 1. The van der Waals surface area contributed by atoms with E-state index in [0.29, 0.717) is 25.4 Å². The van der Waals surface area contributed by atoms with Gasteiger partial charge in [-0.15, -0.1) is 24.0 Å². The number of aliphatic imine (C=N–C) groups is 1. The lowest BCUT2D eigenvalue weighted by Gasteiger charge is -2.22. The zero-order chi connectivity index (χ0) is 18.6. The van der Waals surface area contributed by atoms with E-state index in [1.54, 1.807) is 0 Å². The molecule has 0 aliphatic rings. The van der Waals surface area contributed by atoms with Crippen LogP contribution in [0.5, 0.6) is 5.75 Å². The first-order chi connectivity index (χ1) is 12.7. The first kappa shape index (κ1) is 23.4. The van der Waals surface area contributed by atoms with Crippen molar-refractivity contribution in [3.8, 4) is 5.75 Å². The number of benzene rings is 2. The monoisotopic (exact) mass is 501 g/mol. The molecule has 1 N–H and O–H groups in total. The molecule has 0 aromatic heterocycles. The lowest BCUT2D eigenvalue weighted by molar-refractivity contribution is 0.281. The average molecular weight is 501 g/mol. The highest BCUT2D eigenvalue weighted by Gasteiger charge is 2.07. The highest BCUT2D eigenvalue weighted by Crippen LogP contribution is 2.08. The Hall–Kier alpha value is -1.61. The van der Waals surface area contributed by atoms with Gasteiger partial charge in [0, 0.05) is 24.2 Å². The Bertz CT molecular complexity index is 699. The van der Waals surface area contributed by atoms with Crippen molar-refractivity contribution in [1.29, 1.82) is 0 Å². The van der Waals surface area contributed by atoms with Crippen LogP contribution in [-0.2, 0) is 10.8 Å². The molecule has 0 heterocycles. The smallest absolute Gasteiger partial charge is 0.193 e. The number of para-hydroxylation sites is 1. The Kier molecular flexibility index (Phi) is 11.8. The number of halogens is 1. The molecule has 0 spiro atoms. The summed E-state index contributed by atoms with van der Waals surface area (Å²) in [6, 6.07) is 19.3. The molecule has 5 nitrogen and oxygen atoms in total. The number of hydrogen-bond donors (Lipinski definition) is 1. The number of rotatable bonds is 9. The Morgan fingerprint density at radius 1 is 1.11 bits per heavy atom. The maximum Gasteiger partial charge on any atom is 0.193 e. The molecule has 148 valence electrons. The summed E-state index contributed by atoms with van der Waals surface area (Å²) in [7, 11) is 0.951. The van der Waals surface area contributed by atoms with E-state index in [2.05, 4.69) is 10.3 Å². The molecule has 0 fully saturated rings.